The smallest absolute Gasteiger partial charge is 0.248 e. The van der Waals surface area contributed by atoms with Crippen LogP contribution in [0.4, 0.5) is 0 Å². The van der Waals surface area contributed by atoms with Crippen LogP contribution in [0.25, 0.3) is 10.2 Å². The van der Waals surface area contributed by atoms with Crippen molar-refractivity contribution in [3.63, 3.8) is 0 Å². The summed E-state index contributed by atoms with van der Waals surface area (Å²) in [6.07, 6.45) is 0.783. The molecule has 1 aromatic carbocycles. The average molecular weight is 293 g/mol. The molecule has 0 unspecified atom stereocenters. The molecule has 0 radical (unpaired) electrons. The summed E-state index contributed by atoms with van der Waals surface area (Å²) in [5, 5.41) is 0. The van der Waals surface area contributed by atoms with Crippen LogP contribution in [0.5, 0.6) is 0 Å². The molecule has 0 bridgehead atoms. The van der Waals surface area contributed by atoms with Crippen molar-refractivity contribution >= 4 is 39.2 Å². The molecule has 100 valence electrons. The van der Waals surface area contributed by atoms with Crippen LogP contribution in [-0.4, -0.2) is 16.6 Å². The van der Waals surface area contributed by atoms with Crippen molar-refractivity contribution in [1.82, 2.24) is 15.8 Å². The highest BCUT2D eigenvalue weighted by atomic mass is 32.2. The zero-order valence-corrected chi connectivity index (χ0v) is 12.2. The van der Waals surface area contributed by atoms with Gasteiger partial charge in [0.25, 0.3) is 0 Å². The number of carbonyl (C=O) groups is 1. The second kappa shape index (κ2) is 6.58. The number of aromatic nitrogens is 1. The van der Waals surface area contributed by atoms with Gasteiger partial charge < -0.3 is 5.43 Å². The molecule has 4 nitrogen and oxygen atoms in total. The van der Waals surface area contributed by atoms with Crippen LogP contribution in [0.1, 0.15) is 13.3 Å². The summed E-state index contributed by atoms with van der Waals surface area (Å²) in [5.41, 5.74) is 7.15. The van der Waals surface area contributed by atoms with E-state index in [1.165, 1.54) is 11.8 Å². The number of para-hydroxylation sites is 1. The second-order valence-corrected chi connectivity index (χ2v) is 6.12. The molecule has 0 saturated heterocycles. The van der Waals surface area contributed by atoms with Crippen LogP contribution in [0.15, 0.2) is 40.9 Å². The van der Waals surface area contributed by atoms with Crippen molar-refractivity contribution in [2.75, 3.05) is 5.75 Å². The number of thiazole rings is 1. The predicted molar refractivity (Wildman–Crippen MR) is 81.1 cm³/mol. The molecule has 0 saturated carbocycles. The van der Waals surface area contributed by atoms with Gasteiger partial charge in [0.05, 0.1) is 16.0 Å². The number of carbonyl (C=O) groups excluding carboxylic acids is 1. The zero-order valence-electron chi connectivity index (χ0n) is 10.6. The van der Waals surface area contributed by atoms with Gasteiger partial charge in [-0.15, -0.1) is 11.3 Å². The maximum Gasteiger partial charge on any atom is 0.248 e. The quantitative estimate of drug-likeness (QED) is 0.635. The van der Waals surface area contributed by atoms with Gasteiger partial charge in [0.15, 0.2) is 4.34 Å². The number of hydrogen-bond donors (Lipinski definition) is 2. The third-order valence-corrected chi connectivity index (χ3v) is 4.59. The topological polar surface area (TPSA) is 54.0 Å². The van der Waals surface area contributed by atoms with Gasteiger partial charge >= 0.3 is 0 Å². The molecule has 0 atom stereocenters. The second-order valence-electron chi connectivity index (χ2n) is 3.87. The summed E-state index contributed by atoms with van der Waals surface area (Å²) < 4.78 is 2.05. The maximum absolute atomic E-state index is 11.6. The molecule has 1 aromatic heterocycles. The van der Waals surface area contributed by atoms with Gasteiger partial charge in [0.2, 0.25) is 5.91 Å². The lowest BCUT2D eigenvalue weighted by atomic mass is 10.3. The Morgan fingerprint density at radius 3 is 2.95 bits per heavy atom. The first-order chi connectivity index (χ1) is 9.19. The van der Waals surface area contributed by atoms with Crippen molar-refractivity contribution in [2.24, 2.45) is 0 Å². The fraction of sp³-hybridized carbons (Fsp3) is 0.231. The Bertz CT molecular complexity index is 561. The minimum atomic E-state index is -0.0844. The van der Waals surface area contributed by atoms with E-state index in [2.05, 4.69) is 22.4 Å². The molecule has 0 spiro atoms. The van der Waals surface area contributed by atoms with Crippen LogP contribution in [0, 0.1) is 0 Å². The molecule has 0 fully saturated rings. The molecular formula is C13H15N3OS2. The Hall–Kier alpha value is -1.53. The molecule has 19 heavy (non-hydrogen) atoms. The van der Waals surface area contributed by atoms with Gasteiger partial charge in [-0.25, -0.2) is 4.98 Å². The first kappa shape index (κ1) is 13.9. The fourth-order valence-corrected chi connectivity index (χ4v) is 3.19. The Morgan fingerprint density at radius 1 is 1.42 bits per heavy atom. The number of nitrogens with zero attached hydrogens (tertiary/aromatic N) is 1. The minimum absolute atomic E-state index is 0.0844. The van der Waals surface area contributed by atoms with Crippen molar-refractivity contribution in [2.45, 2.75) is 17.7 Å². The van der Waals surface area contributed by atoms with Crippen molar-refractivity contribution < 1.29 is 4.79 Å². The van der Waals surface area contributed by atoms with Crippen LogP contribution < -0.4 is 10.9 Å². The first-order valence-corrected chi connectivity index (χ1v) is 7.70. The first-order valence-electron chi connectivity index (χ1n) is 5.90. The summed E-state index contributed by atoms with van der Waals surface area (Å²) in [6.45, 7) is 5.72. The molecule has 0 aliphatic heterocycles. The van der Waals surface area contributed by atoms with E-state index in [-0.39, 0.29) is 5.91 Å². The van der Waals surface area contributed by atoms with E-state index in [1.54, 1.807) is 11.3 Å². The third kappa shape index (κ3) is 3.97. The highest BCUT2D eigenvalue weighted by Crippen LogP contribution is 2.28. The lowest BCUT2D eigenvalue weighted by molar-refractivity contribution is -0.119. The van der Waals surface area contributed by atoms with Gasteiger partial charge in [-0.1, -0.05) is 37.4 Å². The number of hydrogen-bond acceptors (Lipinski definition) is 5. The van der Waals surface area contributed by atoms with E-state index in [1.807, 2.05) is 31.2 Å². The normalized spacial score (nSPS) is 10.4. The van der Waals surface area contributed by atoms with E-state index < -0.39 is 0 Å². The number of fused-ring (bicyclic) bond motifs is 1. The Labute approximate surface area is 120 Å². The molecule has 1 amide bonds. The van der Waals surface area contributed by atoms with E-state index in [0.29, 0.717) is 5.75 Å². The van der Waals surface area contributed by atoms with Crippen LogP contribution in [0.3, 0.4) is 0 Å². The molecular weight excluding hydrogens is 278 g/mol. The number of allylic oxidation sites excluding steroid dienone is 1. The summed E-state index contributed by atoms with van der Waals surface area (Å²) in [7, 11) is 0. The van der Waals surface area contributed by atoms with E-state index in [4.69, 9.17) is 0 Å². The molecule has 0 aliphatic carbocycles. The van der Waals surface area contributed by atoms with Gasteiger partial charge in [0, 0.05) is 5.70 Å². The molecule has 2 N–H and O–H groups in total. The highest BCUT2D eigenvalue weighted by molar-refractivity contribution is 8.01. The van der Waals surface area contributed by atoms with Gasteiger partial charge in [-0.2, -0.15) is 0 Å². The molecule has 2 aromatic rings. The van der Waals surface area contributed by atoms with E-state index in [9.17, 15) is 4.79 Å². The molecule has 1 heterocycles. The number of amides is 1. The summed E-state index contributed by atoms with van der Waals surface area (Å²) in [6, 6.07) is 7.96. The molecule has 0 aliphatic rings. The number of nitrogens with one attached hydrogen (secondary N) is 2. The Balaban J connectivity index is 1.84. The van der Waals surface area contributed by atoms with E-state index >= 15 is 0 Å². The lowest BCUT2D eigenvalue weighted by Crippen LogP contribution is -2.37. The standard InChI is InChI=1S/C13H15N3OS2/c1-3-9(2)15-16-12(17)8-18-13-14-10-6-4-5-7-11(10)19-13/h4-7,15H,2-3,8H2,1H3,(H,16,17). The number of hydrazine groups is 1. The monoisotopic (exact) mass is 293 g/mol. The van der Waals surface area contributed by atoms with Crippen molar-refractivity contribution in [3.8, 4) is 0 Å². The average Bonchev–Trinajstić information content (AvgIpc) is 2.85. The number of benzene rings is 1. The minimum Gasteiger partial charge on any atom is -0.303 e. The summed E-state index contributed by atoms with van der Waals surface area (Å²) in [5.74, 6) is 0.253. The largest absolute Gasteiger partial charge is 0.303 e. The maximum atomic E-state index is 11.6. The zero-order chi connectivity index (χ0) is 13.7. The fourth-order valence-electron chi connectivity index (χ4n) is 1.32. The van der Waals surface area contributed by atoms with Gasteiger partial charge in [-0.05, 0) is 18.6 Å². The lowest BCUT2D eigenvalue weighted by Gasteiger charge is -2.08. The number of thioether (sulfide) groups is 1. The van der Waals surface area contributed by atoms with Gasteiger partial charge in [-0.3, -0.25) is 10.2 Å². The Morgan fingerprint density at radius 2 is 2.21 bits per heavy atom. The van der Waals surface area contributed by atoms with Gasteiger partial charge in [0.1, 0.15) is 0 Å². The van der Waals surface area contributed by atoms with Crippen LogP contribution in [-0.2, 0) is 4.79 Å². The van der Waals surface area contributed by atoms with Crippen molar-refractivity contribution in [1.29, 1.82) is 0 Å². The van der Waals surface area contributed by atoms with Crippen LogP contribution >= 0.6 is 23.1 Å². The summed E-state index contributed by atoms with van der Waals surface area (Å²) in [4.78, 5) is 16.1. The molecule has 6 heteroatoms. The Kier molecular flexibility index (Phi) is 4.81. The SMILES string of the molecule is C=C(CC)NNC(=O)CSc1nc2ccccc2s1. The van der Waals surface area contributed by atoms with Crippen molar-refractivity contribution in [3.05, 3.63) is 36.5 Å². The van der Waals surface area contributed by atoms with Crippen LogP contribution in [0.2, 0.25) is 0 Å². The van der Waals surface area contributed by atoms with E-state index in [0.717, 1.165) is 26.7 Å². The predicted octanol–water partition coefficient (Wildman–Crippen LogP) is 2.93. The third-order valence-electron chi connectivity index (χ3n) is 2.41. The molecule has 2 rings (SSSR count). The number of rotatable bonds is 6. The highest BCUT2D eigenvalue weighted by Gasteiger charge is 2.07. The summed E-state index contributed by atoms with van der Waals surface area (Å²) >= 11 is 3.04.